The number of hydrogen-bond acceptors (Lipinski definition) is 2. The van der Waals surface area contributed by atoms with Crippen molar-refractivity contribution in [3.63, 3.8) is 0 Å². The van der Waals surface area contributed by atoms with Gasteiger partial charge in [-0.15, -0.1) is 6.58 Å². The second-order valence-corrected chi connectivity index (χ2v) is 6.06. The molecule has 3 unspecified atom stereocenters. The zero-order valence-corrected chi connectivity index (χ0v) is 13.0. The van der Waals surface area contributed by atoms with Crippen LogP contribution in [0.25, 0.3) is 0 Å². The lowest BCUT2D eigenvalue weighted by atomic mass is 9.86. The van der Waals surface area contributed by atoms with Gasteiger partial charge < -0.3 is 15.3 Å². The van der Waals surface area contributed by atoms with E-state index in [1.165, 1.54) is 0 Å². The lowest BCUT2D eigenvalue weighted by Gasteiger charge is -2.31. The number of hydrogen-bond donors (Lipinski definition) is 2. The molecule has 116 valence electrons. The van der Waals surface area contributed by atoms with E-state index < -0.39 is 0 Å². The van der Waals surface area contributed by atoms with Crippen molar-refractivity contribution < 1.29 is 9.90 Å². The number of carbonyl (C=O) groups is 1. The second kappa shape index (κ2) is 9.01. The van der Waals surface area contributed by atoms with Gasteiger partial charge in [0, 0.05) is 25.6 Å². The normalized spacial score (nSPS) is 23.9. The summed E-state index contributed by atoms with van der Waals surface area (Å²) in [7, 11) is 1.81. The Hall–Kier alpha value is -1.03. The number of amides is 2. The van der Waals surface area contributed by atoms with Crippen LogP contribution in [0.3, 0.4) is 0 Å². The molecule has 1 rings (SSSR count). The molecule has 0 radical (unpaired) electrons. The quantitative estimate of drug-likeness (QED) is 0.557. The number of urea groups is 1. The smallest absolute Gasteiger partial charge is 0.317 e. The molecule has 0 heterocycles. The zero-order chi connectivity index (χ0) is 15.0. The van der Waals surface area contributed by atoms with Crippen LogP contribution >= 0.6 is 0 Å². The van der Waals surface area contributed by atoms with Crippen LogP contribution in [0.2, 0.25) is 0 Å². The minimum atomic E-state index is -0.246. The molecule has 4 nitrogen and oxygen atoms in total. The topological polar surface area (TPSA) is 52.6 Å². The average molecular weight is 282 g/mol. The minimum Gasteiger partial charge on any atom is -0.393 e. The Balaban J connectivity index is 2.28. The molecule has 1 aliphatic carbocycles. The van der Waals surface area contributed by atoms with Gasteiger partial charge in [0.1, 0.15) is 0 Å². The van der Waals surface area contributed by atoms with Crippen molar-refractivity contribution in [3.8, 4) is 0 Å². The van der Waals surface area contributed by atoms with Gasteiger partial charge in [-0.05, 0) is 39.0 Å². The first kappa shape index (κ1) is 17.0. The van der Waals surface area contributed by atoms with Crippen LogP contribution < -0.4 is 5.32 Å². The molecule has 0 aliphatic heterocycles. The van der Waals surface area contributed by atoms with E-state index in [1.807, 2.05) is 20.0 Å². The van der Waals surface area contributed by atoms with Gasteiger partial charge in [-0.3, -0.25) is 0 Å². The molecule has 3 atom stereocenters. The molecule has 1 saturated carbocycles. The molecule has 2 amide bonds. The fraction of sp³-hybridized carbons (Fsp3) is 0.812. The molecule has 0 saturated heterocycles. The fourth-order valence-electron chi connectivity index (χ4n) is 2.80. The fourth-order valence-corrected chi connectivity index (χ4v) is 2.80. The first-order chi connectivity index (χ1) is 9.54. The maximum absolute atomic E-state index is 12.1. The number of aliphatic hydroxyl groups is 1. The number of nitrogens with zero attached hydrogens (tertiary/aromatic N) is 1. The van der Waals surface area contributed by atoms with Gasteiger partial charge in [-0.25, -0.2) is 4.79 Å². The van der Waals surface area contributed by atoms with E-state index in [0.717, 1.165) is 44.9 Å². The van der Waals surface area contributed by atoms with E-state index in [4.69, 9.17) is 0 Å². The van der Waals surface area contributed by atoms with Gasteiger partial charge in [0.05, 0.1) is 6.10 Å². The predicted octanol–water partition coefficient (Wildman–Crippen LogP) is 2.92. The summed E-state index contributed by atoms with van der Waals surface area (Å²) in [5.74, 6) is 0.232. The van der Waals surface area contributed by atoms with Gasteiger partial charge in [-0.2, -0.15) is 0 Å². The largest absolute Gasteiger partial charge is 0.393 e. The van der Waals surface area contributed by atoms with Gasteiger partial charge >= 0.3 is 6.03 Å². The number of carbonyl (C=O) groups excluding carboxylic acids is 1. The number of aliphatic hydroxyl groups excluding tert-OH is 1. The number of nitrogens with one attached hydrogen (secondary N) is 1. The predicted molar refractivity (Wildman–Crippen MR) is 82.6 cm³/mol. The van der Waals surface area contributed by atoms with Crippen LogP contribution in [-0.2, 0) is 0 Å². The Bertz CT molecular complexity index is 307. The summed E-state index contributed by atoms with van der Waals surface area (Å²) >= 11 is 0. The highest BCUT2D eigenvalue weighted by molar-refractivity contribution is 5.74. The molecule has 20 heavy (non-hydrogen) atoms. The molecule has 0 bridgehead atoms. The Kier molecular flexibility index (Phi) is 7.67. The van der Waals surface area contributed by atoms with E-state index in [0.29, 0.717) is 6.54 Å². The summed E-state index contributed by atoms with van der Waals surface area (Å²) in [4.78, 5) is 13.8. The van der Waals surface area contributed by atoms with Crippen molar-refractivity contribution in [1.82, 2.24) is 10.2 Å². The third kappa shape index (κ3) is 5.95. The standard InChI is InChI=1S/C16H30N2O2/c1-4-5-6-9-13(2)17-16(20)18(3)12-14-10-7-8-11-15(14)19/h4,13-15,19H,1,5-12H2,2-3H3,(H,17,20). The average Bonchev–Trinajstić information content (AvgIpc) is 2.41. The summed E-state index contributed by atoms with van der Waals surface area (Å²) in [6.45, 7) is 6.38. The Labute approximate surface area is 123 Å². The molecule has 0 aromatic rings. The van der Waals surface area contributed by atoms with Crippen LogP contribution in [-0.4, -0.2) is 41.8 Å². The van der Waals surface area contributed by atoms with Crippen molar-refractivity contribution in [2.24, 2.45) is 5.92 Å². The summed E-state index contributed by atoms with van der Waals surface area (Å²) in [5, 5.41) is 13.0. The molecule has 1 fully saturated rings. The minimum absolute atomic E-state index is 0.0334. The zero-order valence-electron chi connectivity index (χ0n) is 13.0. The number of allylic oxidation sites excluding steroid dienone is 1. The lowest BCUT2D eigenvalue weighted by Crippen LogP contribution is -2.45. The maximum atomic E-state index is 12.1. The van der Waals surface area contributed by atoms with Gasteiger partial charge in [-0.1, -0.05) is 18.9 Å². The van der Waals surface area contributed by atoms with Crippen LogP contribution in [0.5, 0.6) is 0 Å². The van der Waals surface area contributed by atoms with E-state index in [9.17, 15) is 9.90 Å². The molecular formula is C16H30N2O2. The maximum Gasteiger partial charge on any atom is 0.317 e. The van der Waals surface area contributed by atoms with Crippen molar-refractivity contribution in [3.05, 3.63) is 12.7 Å². The van der Waals surface area contributed by atoms with E-state index in [-0.39, 0.29) is 24.1 Å². The van der Waals surface area contributed by atoms with E-state index in [2.05, 4.69) is 11.9 Å². The van der Waals surface area contributed by atoms with Gasteiger partial charge in [0.15, 0.2) is 0 Å². The van der Waals surface area contributed by atoms with Gasteiger partial charge in [0.25, 0.3) is 0 Å². The highest BCUT2D eigenvalue weighted by atomic mass is 16.3. The van der Waals surface area contributed by atoms with Gasteiger partial charge in [0.2, 0.25) is 0 Å². The summed E-state index contributed by atoms with van der Waals surface area (Å²) in [6, 6.07) is 0.148. The van der Waals surface area contributed by atoms with Crippen LogP contribution in [0.4, 0.5) is 4.79 Å². The van der Waals surface area contributed by atoms with Crippen molar-refractivity contribution in [2.45, 2.75) is 64.0 Å². The molecule has 0 aromatic heterocycles. The molecule has 0 spiro atoms. The van der Waals surface area contributed by atoms with E-state index in [1.54, 1.807) is 4.90 Å². The van der Waals surface area contributed by atoms with Crippen LogP contribution in [0, 0.1) is 5.92 Å². The highest BCUT2D eigenvalue weighted by Gasteiger charge is 2.25. The summed E-state index contributed by atoms with van der Waals surface area (Å²) < 4.78 is 0. The van der Waals surface area contributed by atoms with Crippen molar-refractivity contribution >= 4 is 6.03 Å². The van der Waals surface area contributed by atoms with Crippen LogP contribution in [0.1, 0.15) is 51.9 Å². The Morgan fingerprint density at radius 3 is 2.85 bits per heavy atom. The second-order valence-electron chi connectivity index (χ2n) is 6.06. The van der Waals surface area contributed by atoms with Crippen LogP contribution in [0.15, 0.2) is 12.7 Å². The summed E-state index contributed by atoms with van der Waals surface area (Å²) in [5.41, 5.74) is 0. The monoisotopic (exact) mass is 282 g/mol. The Morgan fingerprint density at radius 2 is 2.20 bits per heavy atom. The molecule has 0 aromatic carbocycles. The first-order valence-corrected chi connectivity index (χ1v) is 7.85. The molecule has 4 heteroatoms. The highest BCUT2D eigenvalue weighted by Crippen LogP contribution is 2.24. The third-order valence-corrected chi connectivity index (χ3v) is 4.14. The third-order valence-electron chi connectivity index (χ3n) is 4.14. The SMILES string of the molecule is C=CCCCC(C)NC(=O)N(C)CC1CCCCC1O. The van der Waals surface area contributed by atoms with E-state index >= 15 is 0 Å². The Morgan fingerprint density at radius 1 is 1.50 bits per heavy atom. The lowest BCUT2D eigenvalue weighted by molar-refractivity contribution is 0.0563. The molecular weight excluding hydrogens is 252 g/mol. The molecule has 2 N–H and O–H groups in total. The first-order valence-electron chi connectivity index (χ1n) is 7.85. The molecule has 1 aliphatic rings. The van der Waals surface area contributed by atoms with Crippen molar-refractivity contribution in [2.75, 3.05) is 13.6 Å². The van der Waals surface area contributed by atoms with Crippen molar-refractivity contribution in [1.29, 1.82) is 0 Å². The summed E-state index contributed by atoms with van der Waals surface area (Å²) in [6.07, 6.45) is 8.83. The number of unbranched alkanes of at least 4 members (excludes halogenated alkanes) is 1. The number of rotatable bonds is 7.